The third-order valence-electron chi connectivity index (χ3n) is 2.99. The van der Waals surface area contributed by atoms with Crippen molar-refractivity contribution in [2.75, 3.05) is 20.3 Å². The lowest BCUT2D eigenvalue weighted by molar-refractivity contribution is -0.124. The maximum atomic E-state index is 11.9. The Balaban J connectivity index is 1.91. The second-order valence-corrected chi connectivity index (χ2v) is 4.42. The number of nitrogens with one attached hydrogen (secondary N) is 2. The average molecular weight is 266 g/mol. The molecule has 0 radical (unpaired) electrons. The van der Waals surface area contributed by atoms with Crippen molar-refractivity contribution >= 4 is 11.8 Å². The standard InChI is InChI=1S/C12H18N4O3/c1-19-8-7-16-6-4-10(15-16)12(18)14-9-3-2-5-13-11(9)17/h4,6,9H,2-3,5,7-8H2,1H3,(H,13,17)(H,14,18)/t9-/m0/s1. The molecule has 0 unspecified atom stereocenters. The van der Waals surface area contributed by atoms with Crippen molar-refractivity contribution < 1.29 is 14.3 Å². The molecule has 0 spiro atoms. The molecule has 2 heterocycles. The number of nitrogens with zero attached hydrogens (tertiary/aromatic N) is 2. The van der Waals surface area contributed by atoms with Crippen LogP contribution in [0.25, 0.3) is 0 Å². The second kappa shape index (κ2) is 6.33. The molecule has 1 aliphatic heterocycles. The fourth-order valence-electron chi connectivity index (χ4n) is 1.93. The molecule has 19 heavy (non-hydrogen) atoms. The zero-order valence-electron chi connectivity index (χ0n) is 10.9. The molecule has 2 rings (SSSR count). The van der Waals surface area contributed by atoms with Crippen molar-refractivity contribution in [3.63, 3.8) is 0 Å². The van der Waals surface area contributed by atoms with Crippen molar-refractivity contribution in [2.24, 2.45) is 0 Å². The number of piperidine rings is 1. The highest BCUT2D eigenvalue weighted by atomic mass is 16.5. The Morgan fingerprint density at radius 2 is 2.53 bits per heavy atom. The van der Waals surface area contributed by atoms with Crippen LogP contribution in [0.15, 0.2) is 12.3 Å². The van der Waals surface area contributed by atoms with Crippen LogP contribution in [0.2, 0.25) is 0 Å². The highest BCUT2D eigenvalue weighted by molar-refractivity contribution is 5.96. The van der Waals surface area contributed by atoms with Gasteiger partial charge in [-0.15, -0.1) is 0 Å². The van der Waals surface area contributed by atoms with E-state index in [9.17, 15) is 9.59 Å². The van der Waals surface area contributed by atoms with Gasteiger partial charge in [-0.3, -0.25) is 14.3 Å². The lowest BCUT2D eigenvalue weighted by atomic mass is 10.1. The first-order valence-electron chi connectivity index (χ1n) is 6.31. The van der Waals surface area contributed by atoms with Gasteiger partial charge in [-0.05, 0) is 18.9 Å². The molecule has 0 aromatic carbocycles. The van der Waals surface area contributed by atoms with E-state index in [2.05, 4.69) is 15.7 Å². The minimum Gasteiger partial charge on any atom is -0.383 e. The van der Waals surface area contributed by atoms with E-state index in [1.165, 1.54) is 0 Å². The Morgan fingerprint density at radius 1 is 1.68 bits per heavy atom. The molecule has 2 N–H and O–H groups in total. The van der Waals surface area contributed by atoms with Gasteiger partial charge >= 0.3 is 0 Å². The summed E-state index contributed by atoms with van der Waals surface area (Å²) in [6.45, 7) is 1.80. The smallest absolute Gasteiger partial charge is 0.272 e. The molecular formula is C12H18N4O3. The summed E-state index contributed by atoms with van der Waals surface area (Å²) in [7, 11) is 1.61. The number of aromatic nitrogens is 2. The van der Waals surface area contributed by atoms with Crippen LogP contribution < -0.4 is 10.6 Å². The van der Waals surface area contributed by atoms with Gasteiger partial charge < -0.3 is 15.4 Å². The van der Waals surface area contributed by atoms with Gasteiger partial charge in [0.15, 0.2) is 0 Å². The summed E-state index contributed by atoms with van der Waals surface area (Å²) in [5.74, 6) is -0.448. The lowest BCUT2D eigenvalue weighted by Gasteiger charge is -2.22. The Labute approximate surface area is 111 Å². The van der Waals surface area contributed by atoms with Gasteiger partial charge in [0.25, 0.3) is 5.91 Å². The van der Waals surface area contributed by atoms with E-state index in [0.717, 1.165) is 6.42 Å². The van der Waals surface area contributed by atoms with Crippen LogP contribution in [0.1, 0.15) is 23.3 Å². The number of hydrogen-bond donors (Lipinski definition) is 2. The van der Waals surface area contributed by atoms with E-state index >= 15 is 0 Å². The van der Waals surface area contributed by atoms with Gasteiger partial charge in [0, 0.05) is 19.9 Å². The van der Waals surface area contributed by atoms with Gasteiger partial charge in [-0.1, -0.05) is 0 Å². The van der Waals surface area contributed by atoms with Crippen molar-refractivity contribution in [1.82, 2.24) is 20.4 Å². The average Bonchev–Trinajstić information content (AvgIpc) is 2.88. The molecule has 1 aromatic rings. The quantitative estimate of drug-likeness (QED) is 0.755. The van der Waals surface area contributed by atoms with E-state index in [-0.39, 0.29) is 11.8 Å². The van der Waals surface area contributed by atoms with Crippen LogP contribution in [0, 0.1) is 0 Å². The van der Waals surface area contributed by atoms with E-state index < -0.39 is 6.04 Å². The predicted molar refractivity (Wildman–Crippen MR) is 67.6 cm³/mol. The summed E-state index contributed by atoms with van der Waals surface area (Å²) in [4.78, 5) is 23.5. The Hall–Kier alpha value is -1.89. The Bertz CT molecular complexity index is 458. The first kappa shape index (κ1) is 13.5. The number of methoxy groups -OCH3 is 1. The van der Waals surface area contributed by atoms with Gasteiger partial charge in [0.1, 0.15) is 11.7 Å². The number of amides is 2. The summed E-state index contributed by atoms with van der Waals surface area (Å²) in [5.41, 5.74) is 0.314. The Morgan fingerprint density at radius 3 is 3.26 bits per heavy atom. The third kappa shape index (κ3) is 3.54. The SMILES string of the molecule is COCCn1ccc(C(=O)N[C@H]2CCCNC2=O)n1. The maximum absolute atomic E-state index is 11.9. The zero-order valence-corrected chi connectivity index (χ0v) is 10.9. The van der Waals surface area contributed by atoms with Gasteiger partial charge in [0.05, 0.1) is 13.2 Å². The highest BCUT2D eigenvalue weighted by Gasteiger charge is 2.24. The van der Waals surface area contributed by atoms with E-state index in [0.29, 0.717) is 31.8 Å². The molecule has 1 atom stereocenters. The number of rotatable bonds is 5. The molecule has 1 aromatic heterocycles. The molecule has 0 saturated carbocycles. The second-order valence-electron chi connectivity index (χ2n) is 4.42. The highest BCUT2D eigenvalue weighted by Crippen LogP contribution is 2.04. The van der Waals surface area contributed by atoms with Crippen LogP contribution >= 0.6 is 0 Å². The van der Waals surface area contributed by atoms with Crippen LogP contribution in [-0.2, 0) is 16.1 Å². The fourth-order valence-corrected chi connectivity index (χ4v) is 1.93. The topological polar surface area (TPSA) is 85.2 Å². The summed E-state index contributed by atoms with van der Waals surface area (Å²) in [6, 6.07) is 1.18. The van der Waals surface area contributed by atoms with Crippen LogP contribution in [0.5, 0.6) is 0 Å². The molecule has 0 bridgehead atoms. The molecule has 2 amide bonds. The molecule has 1 fully saturated rings. The normalized spacial score (nSPS) is 19.0. The van der Waals surface area contributed by atoms with Crippen LogP contribution in [-0.4, -0.2) is 47.9 Å². The van der Waals surface area contributed by atoms with Crippen LogP contribution in [0.3, 0.4) is 0 Å². The minimum atomic E-state index is -0.453. The predicted octanol–water partition coefficient (Wildman–Crippen LogP) is -0.462. The summed E-state index contributed by atoms with van der Waals surface area (Å²) in [6.07, 6.45) is 3.26. The van der Waals surface area contributed by atoms with Crippen molar-refractivity contribution in [3.8, 4) is 0 Å². The lowest BCUT2D eigenvalue weighted by Crippen LogP contribution is -2.50. The minimum absolute atomic E-state index is 0.126. The van der Waals surface area contributed by atoms with E-state index in [1.807, 2.05) is 0 Å². The fraction of sp³-hybridized carbons (Fsp3) is 0.583. The van der Waals surface area contributed by atoms with Crippen molar-refractivity contribution in [2.45, 2.75) is 25.4 Å². The number of ether oxygens (including phenoxy) is 1. The first-order chi connectivity index (χ1) is 9.20. The molecule has 7 nitrogen and oxygen atoms in total. The van der Waals surface area contributed by atoms with Crippen LogP contribution in [0.4, 0.5) is 0 Å². The molecular weight excluding hydrogens is 248 g/mol. The summed E-state index contributed by atoms with van der Waals surface area (Å²) >= 11 is 0. The summed E-state index contributed by atoms with van der Waals surface area (Å²) < 4.78 is 6.58. The molecule has 1 aliphatic rings. The van der Waals surface area contributed by atoms with Crippen molar-refractivity contribution in [3.05, 3.63) is 18.0 Å². The zero-order chi connectivity index (χ0) is 13.7. The number of hydrogen-bond acceptors (Lipinski definition) is 4. The van der Waals surface area contributed by atoms with Gasteiger partial charge in [-0.25, -0.2) is 0 Å². The van der Waals surface area contributed by atoms with E-state index in [4.69, 9.17) is 4.74 Å². The largest absolute Gasteiger partial charge is 0.383 e. The van der Waals surface area contributed by atoms with E-state index in [1.54, 1.807) is 24.1 Å². The summed E-state index contributed by atoms with van der Waals surface area (Å²) in [5, 5.41) is 9.55. The molecule has 7 heteroatoms. The number of carbonyl (C=O) groups excluding carboxylic acids is 2. The van der Waals surface area contributed by atoms with Gasteiger partial charge in [0.2, 0.25) is 5.91 Å². The molecule has 104 valence electrons. The van der Waals surface area contributed by atoms with Gasteiger partial charge in [-0.2, -0.15) is 5.10 Å². The van der Waals surface area contributed by atoms with Crippen molar-refractivity contribution in [1.29, 1.82) is 0 Å². The molecule has 1 saturated heterocycles. The number of carbonyl (C=O) groups is 2. The Kier molecular flexibility index (Phi) is 4.51. The third-order valence-corrected chi connectivity index (χ3v) is 2.99. The molecule has 0 aliphatic carbocycles. The first-order valence-corrected chi connectivity index (χ1v) is 6.31. The maximum Gasteiger partial charge on any atom is 0.272 e. The monoisotopic (exact) mass is 266 g/mol.